The molecule has 2 fully saturated rings. The minimum Gasteiger partial charge on any atom is -0.337 e. The molecule has 2 aliphatic heterocycles. The molecule has 2 aliphatic rings. The number of amides is 2. The van der Waals surface area contributed by atoms with Crippen LogP contribution in [0.1, 0.15) is 18.5 Å². The number of nitrogens with zero attached hydrogens (tertiary/aromatic N) is 5. The van der Waals surface area contributed by atoms with E-state index < -0.39 is 0 Å². The summed E-state index contributed by atoms with van der Waals surface area (Å²) in [6, 6.07) is 0.190. The van der Waals surface area contributed by atoms with Gasteiger partial charge in [0.25, 0.3) is 0 Å². The fourth-order valence-electron chi connectivity index (χ4n) is 2.84. The Morgan fingerprint density at radius 1 is 1.45 bits per heavy atom. The number of carbonyl (C=O) groups excluding carboxylic acids is 2. The maximum Gasteiger partial charge on any atom is 0.244 e. The van der Waals surface area contributed by atoms with Crippen molar-refractivity contribution in [3.63, 3.8) is 0 Å². The maximum atomic E-state index is 12.2. The quantitative estimate of drug-likeness (QED) is 0.731. The molecule has 1 aromatic rings. The molecule has 1 unspecified atom stereocenters. The van der Waals surface area contributed by atoms with Crippen molar-refractivity contribution in [2.24, 2.45) is 5.73 Å². The molecule has 3 heterocycles. The average Bonchev–Trinajstić information content (AvgIpc) is 3.05. The van der Waals surface area contributed by atoms with E-state index in [2.05, 4.69) is 10.3 Å². The highest BCUT2D eigenvalue weighted by atomic mass is 16.2. The molecule has 2 amide bonds. The normalized spacial score (nSPS) is 22.2. The summed E-state index contributed by atoms with van der Waals surface area (Å²) in [5.41, 5.74) is 6.13. The van der Waals surface area contributed by atoms with Gasteiger partial charge in [0.15, 0.2) is 0 Å². The van der Waals surface area contributed by atoms with Gasteiger partial charge in [0.05, 0.1) is 11.9 Å². The van der Waals surface area contributed by atoms with Gasteiger partial charge in [-0.2, -0.15) is 0 Å². The number of piperazine rings is 1. The van der Waals surface area contributed by atoms with E-state index in [4.69, 9.17) is 5.73 Å². The standard InChI is InChI=1S/C12H18N6O2/c13-5-9-6-17(15-14-9)8-12(20)16-3-4-18-10(7-16)1-2-11(18)19/h6,10H,1-5,7-8,13H2. The van der Waals surface area contributed by atoms with Gasteiger partial charge in [-0.15, -0.1) is 5.10 Å². The second kappa shape index (κ2) is 5.20. The lowest BCUT2D eigenvalue weighted by molar-refractivity contribution is -0.139. The molecule has 1 atom stereocenters. The Hall–Kier alpha value is -1.96. The first-order valence-electron chi connectivity index (χ1n) is 6.83. The second-order valence-corrected chi connectivity index (χ2v) is 5.23. The van der Waals surface area contributed by atoms with Crippen LogP contribution in [0.15, 0.2) is 6.20 Å². The predicted molar refractivity (Wildman–Crippen MR) is 69.2 cm³/mol. The summed E-state index contributed by atoms with van der Waals surface area (Å²) in [6.07, 6.45) is 3.14. The highest BCUT2D eigenvalue weighted by Gasteiger charge is 2.36. The number of rotatable bonds is 3. The summed E-state index contributed by atoms with van der Waals surface area (Å²) in [5, 5.41) is 7.74. The zero-order valence-corrected chi connectivity index (χ0v) is 11.2. The molecule has 8 nitrogen and oxygen atoms in total. The van der Waals surface area contributed by atoms with E-state index in [0.29, 0.717) is 38.3 Å². The Morgan fingerprint density at radius 2 is 2.30 bits per heavy atom. The van der Waals surface area contributed by atoms with E-state index in [-0.39, 0.29) is 24.4 Å². The van der Waals surface area contributed by atoms with Gasteiger partial charge in [-0.05, 0) is 6.42 Å². The molecule has 20 heavy (non-hydrogen) atoms. The Morgan fingerprint density at radius 3 is 3.05 bits per heavy atom. The number of carbonyl (C=O) groups is 2. The molecule has 1 aromatic heterocycles. The summed E-state index contributed by atoms with van der Waals surface area (Å²) in [7, 11) is 0. The van der Waals surface area contributed by atoms with Gasteiger partial charge in [-0.3, -0.25) is 9.59 Å². The lowest BCUT2D eigenvalue weighted by Crippen LogP contribution is -2.53. The molecule has 0 radical (unpaired) electrons. The number of fused-ring (bicyclic) bond motifs is 1. The lowest BCUT2D eigenvalue weighted by atomic mass is 10.1. The predicted octanol–water partition coefficient (Wildman–Crippen LogP) is -1.43. The van der Waals surface area contributed by atoms with Crippen molar-refractivity contribution in [3.8, 4) is 0 Å². The third-order valence-corrected chi connectivity index (χ3v) is 3.94. The summed E-state index contributed by atoms with van der Waals surface area (Å²) in [4.78, 5) is 27.5. The number of nitrogens with two attached hydrogens (primary N) is 1. The molecule has 0 spiro atoms. The van der Waals surface area contributed by atoms with Crippen molar-refractivity contribution in [2.45, 2.75) is 32.0 Å². The molecule has 108 valence electrons. The minimum atomic E-state index is 0.0115. The SMILES string of the molecule is NCc1cn(CC(=O)N2CCN3C(=O)CCC3C2)nn1. The van der Waals surface area contributed by atoms with Crippen LogP contribution in [0.4, 0.5) is 0 Å². The average molecular weight is 278 g/mol. The molecule has 0 aromatic carbocycles. The number of aromatic nitrogens is 3. The molecule has 2 N–H and O–H groups in total. The Bertz CT molecular complexity index is 528. The molecule has 0 bridgehead atoms. The fraction of sp³-hybridized carbons (Fsp3) is 0.667. The lowest BCUT2D eigenvalue weighted by Gasteiger charge is -2.37. The van der Waals surface area contributed by atoms with E-state index in [1.807, 2.05) is 9.80 Å². The van der Waals surface area contributed by atoms with Crippen molar-refractivity contribution in [2.75, 3.05) is 19.6 Å². The first kappa shape index (κ1) is 13.0. The first-order valence-corrected chi connectivity index (χ1v) is 6.83. The Labute approximate surface area is 116 Å². The molecule has 8 heteroatoms. The Kier molecular flexibility index (Phi) is 3.39. The smallest absolute Gasteiger partial charge is 0.244 e. The Balaban J connectivity index is 1.59. The van der Waals surface area contributed by atoms with Crippen molar-refractivity contribution in [1.82, 2.24) is 24.8 Å². The largest absolute Gasteiger partial charge is 0.337 e. The van der Waals surface area contributed by atoms with E-state index in [9.17, 15) is 9.59 Å². The van der Waals surface area contributed by atoms with Crippen LogP contribution in [0.25, 0.3) is 0 Å². The summed E-state index contributed by atoms with van der Waals surface area (Å²) in [5.74, 6) is 0.225. The van der Waals surface area contributed by atoms with E-state index in [1.165, 1.54) is 4.68 Å². The minimum absolute atomic E-state index is 0.0115. The van der Waals surface area contributed by atoms with E-state index >= 15 is 0 Å². The van der Waals surface area contributed by atoms with Crippen molar-refractivity contribution in [3.05, 3.63) is 11.9 Å². The van der Waals surface area contributed by atoms with Crippen LogP contribution in [-0.2, 0) is 22.7 Å². The fourth-order valence-corrected chi connectivity index (χ4v) is 2.84. The van der Waals surface area contributed by atoms with Gasteiger partial charge in [-0.1, -0.05) is 5.21 Å². The van der Waals surface area contributed by atoms with Gasteiger partial charge in [0, 0.05) is 38.6 Å². The summed E-state index contributed by atoms with van der Waals surface area (Å²) < 4.78 is 1.51. The number of hydrogen-bond acceptors (Lipinski definition) is 5. The van der Waals surface area contributed by atoms with Crippen LogP contribution >= 0.6 is 0 Å². The third-order valence-electron chi connectivity index (χ3n) is 3.94. The van der Waals surface area contributed by atoms with Gasteiger partial charge >= 0.3 is 0 Å². The molecule has 0 saturated carbocycles. The van der Waals surface area contributed by atoms with Crippen LogP contribution in [0.2, 0.25) is 0 Å². The van der Waals surface area contributed by atoms with Gasteiger partial charge in [0.2, 0.25) is 11.8 Å². The monoisotopic (exact) mass is 278 g/mol. The molecule has 3 rings (SSSR count). The van der Waals surface area contributed by atoms with E-state index in [0.717, 1.165) is 6.42 Å². The van der Waals surface area contributed by atoms with Crippen molar-refractivity contribution >= 4 is 11.8 Å². The molecular weight excluding hydrogens is 260 g/mol. The van der Waals surface area contributed by atoms with Crippen LogP contribution < -0.4 is 5.73 Å². The van der Waals surface area contributed by atoms with Gasteiger partial charge < -0.3 is 15.5 Å². The number of hydrogen-bond donors (Lipinski definition) is 1. The summed E-state index contributed by atoms with van der Waals surface area (Å²) in [6.45, 7) is 2.36. The topological polar surface area (TPSA) is 97.3 Å². The van der Waals surface area contributed by atoms with Crippen molar-refractivity contribution < 1.29 is 9.59 Å². The maximum absolute atomic E-state index is 12.2. The highest BCUT2D eigenvalue weighted by Crippen LogP contribution is 2.22. The van der Waals surface area contributed by atoms with Gasteiger partial charge in [0.1, 0.15) is 6.54 Å². The second-order valence-electron chi connectivity index (χ2n) is 5.23. The van der Waals surface area contributed by atoms with Gasteiger partial charge in [-0.25, -0.2) is 4.68 Å². The molecular formula is C12H18N6O2. The van der Waals surface area contributed by atoms with Crippen LogP contribution in [-0.4, -0.2) is 62.3 Å². The van der Waals surface area contributed by atoms with Crippen LogP contribution in [0.3, 0.4) is 0 Å². The summed E-state index contributed by atoms with van der Waals surface area (Å²) >= 11 is 0. The highest BCUT2D eigenvalue weighted by molar-refractivity contribution is 5.80. The first-order chi connectivity index (χ1) is 9.67. The molecule has 2 saturated heterocycles. The van der Waals surface area contributed by atoms with Crippen LogP contribution in [0, 0.1) is 0 Å². The van der Waals surface area contributed by atoms with E-state index in [1.54, 1.807) is 6.20 Å². The zero-order chi connectivity index (χ0) is 14.1. The third kappa shape index (κ3) is 2.38. The zero-order valence-electron chi connectivity index (χ0n) is 11.2. The van der Waals surface area contributed by atoms with Crippen LogP contribution in [0.5, 0.6) is 0 Å². The van der Waals surface area contributed by atoms with Crippen molar-refractivity contribution in [1.29, 1.82) is 0 Å². The molecule has 0 aliphatic carbocycles.